The Morgan fingerprint density at radius 1 is 0.919 bits per heavy atom. The van der Waals surface area contributed by atoms with Crippen LogP contribution in [0.3, 0.4) is 0 Å². The molecule has 2 aromatic carbocycles. The number of benzene rings is 2. The smallest absolute Gasteiger partial charge is 0.263 e. The number of para-hydroxylation sites is 1. The molecule has 1 atom stereocenters. The molecule has 0 aliphatic rings. The van der Waals surface area contributed by atoms with Gasteiger partial charge in [0.1, 0.15) is 11.8 Å². The van der Waals surface area contributed by atoms with Gasteiger partial charge in [0.25, 0.3) is 5.56 Å². The minimum Gasteiger partial charge on any atom is -0.360 e. The number of nitrogens with zero attached hydrogens (tertiary/aromatic N) is 6. The summed E-state index contributed by atoms with van der Waals surface area (Å²) in [4.78, 5) is 27.5. The molecular weight excluding hydrogens is 462 g/mol. The van der Waals surface area contributed by atoms with Crippen LogP contribution in [0.1, 0.15) is 24.4 Å². The van der Waals surface area contributed by atoms with Crippen LogP contribution in [0.25, 0.3) is 38.6 Å². The number of anilines is 1. The van der Waals surface area contributed by atoms with E-state index in [0.29, 0.717) is 16.7 Å². The molecule has 0 unspecified atom stereocenters. The fourth-order valence-corrected chi connectivity index (χ4v) is 4.91. The lowest BCUT2D eigenvalue weighted by atomic mass is 9.98. The molecule has 0 spiro atoms. The summed E-state index contributed by atoms with van der Waals surface area (Å²) in [5, 5.41) is 9.50. The zero-order valence-electron chi connectivity index (χ0n) is 20.8. The van der Waals surface area contributed by atoms with Crippen molar-refractivity contribution in [1.29, 1.82) is 0 Å². The van der Waals surface area contributed by atoms with Crippen molar-refractivity contribution in [2.45, 2.75) is 19.9 Å². The minimum atomic E-state index is -0.263. The normalized spacial score (nSPS) is 12.2. The van der Waals surface area contributed by atoms with E-state index in [2.05, 4.69) is 31.4 Å². The Labute approximate surface area is 213 Å². The van der Waals surface area contributed by atoms with E-state index in [1.54, 1.807) is 15.4 Å². The predicted octanol–water partition coefficient (Wildman–Crippen LogP) is 5.21. The molecule has 0 saturated heterocycles. The number of rotatable bonds is 5. The molecule has 0 saturated carbocycles. The highest BCUT2D eigenvalue weighted by Gasteiger charge is 2.20. The molecule has 1 N–H and O–H groups in total. The van der Waals surface area contributed by atoms with Gasteiger partial charge in [-0.25, -0.2) is 9.97 Å². The molecule has 6 rings (SSSR count). The predicted molar refractivity (Wildman–Crippen MR) is 146 cm³/mol. The molecule has 182 valence electrons. The number of fused-ring (bicyclic) bond motifs is 2. The van der Waals surface area contributed by atoms with Crippen LogP contribution in [-0.4, -0.2) is 29.3 Å². The fraction of sp³-hybridized carbons (Fsp3) is 0.138. The van der Waals surface area contributed by atoms with Crippen molar-refractivity contribution in [3.8, 4) is 16.8 Å². The minimum absolute atomic E-state index is 0.0862. The van der Waals surface area contributed by atoms with Gasteiger partial charge in [0.2, 0.25) is 0 Å². The molecule has 0 bridgehead atoms. The number of nitrogens with one attached hydrogen (secondary N) is 1. The first kappa shape index (κ1) is 22.6. The highest BCUT2D eigenvalue weighted by molar-refractivity contribution is 5.97. The first-order chi connectivity index (χ1) is 18.0. The average molecular weight is 488 g/mol. The molecule has 0 radical (unpaired) electrons. The van der Waals surface area contributed by atoms with E-state index in [1.807, 2.05) is 87.8 Å². The molecule has 37 heavy (non-hydrogen) atoms. The third-order valence-corrected chi connectivity index (χ3v) is 6.58. The van der Waals surface area contributed by atoms with Crippen molar-refractivity contribution in [2.75, 3.05) is 5.32 Å². The summed E-state index contributed by atoms with van der Waals surface area (Å²) in [6.45, 7) is 3.98. The number of pyridine rings is 2. The lowest BCUT2D eigenvalue weighted by molar-refractivity contribution is 0.756. The van der Waals surface area contributed by atoms with Crippen molar-refractivity contribution in [2.24, 2.45) is 7.05 Å². The highest BCUT2D eigenvalue weighted by atomic mass is 16.1. The number of aromatic nitrogens is 6. The molecule has 8 nitrogen and oxygen atoms in total. The van der Waals surface area contributed by atoms with Crippen LogP contribution in [0.2, 0.25) is 0 Å². The molecule has 6 aromatic rings. The van der Waals surface area contributed by atoms with Crippen molar-refractivity contribution >= 4 is 27.6 Å². The molecule has 0 amide bonds. The third-order valence-electron chi connectivity index (χ3n) is 6.58. The zero-order valence-corrected chi connectivity index (χ0v) is 20.8. The molecule has 0 aliphatic carbocycles. The fourth-order valence-electron chi connectivity index (χ4n) is 4.91. The van der Waals surface area contributed by atoms with Gasteiger partial charge in [-0.3, -0.25) is 19.0 Å². The summed E-state index contributed by atoms with van der Waals surface area (Å²) in [7, 11) is 1.89. The maximum absolute atomic E-state index is 14.3. The lowest BCUT2D eigenvalue weighted by Crippen LogP contribution is -2.26. The Morgan fingerprint density at radius 3 is 2.54 bits per heavy atom. The maximum Gasteiger partial charge on any atom is 0.263 e. The molecule has 0 fully saturated rings. The van der Waals surface area contributed by atoms with E-state index in [-0.39, 0.29) is 11.6 Å². The van der Waals surface area contributed by atoms with E-state index < -0.39 is 0 Å². The van der Waals surface area contributed by atoms with Crippen LogP contribution in [0, 0.1) is 6.92 Å². The first-order valence-electron chi connectivity index (χ1n) is 12.1. The quantitative estimate of drug-likeness (QED) is 0.359. The van der Waals surface area contributed by atoms with Crippen LogP contribution in [0.4, 0.5) is 5.82 Å². The Morgan fingerprint density at radius 2 is 1.76 bits per heavy atom. The van der Waals surface area contributed by atoms with E-state index >= 15 is 0 Å². The van der Waals surface area contributed by atoms with Crippen LogP contribution < -0.4 is 10.9 Å². The van der Waals surface area contributed by atoms with Gasteiger partial charge in [-0.05, 0) is 55.1 Å². The summed E-state index contributed by atoms with van der Waals surface area (Å²) in [6, 6.07) is 21.2. The van der Waals surface area contributed by atoms with Gasteiger partial charge in [0.15, 0.2) is 5.82 Å². The Balaban J connectivity index is 1.58. The van der Waals surface area contributed by atoms with E-state index in [9.17, 15) is 4.79 Å². The van der Waals surface area contributed by atoms with Gasteiger partial charge < -0.3 is 5.32 Å². The number of hydrogen-bond acceptors (Lipinski definition) is 6. The monoisotopic (exact) mass is 487 g/mol. The van der Waals surface area contributed by atoms with E-state index in [0.717, 1.165) is 39.1 Å². The standard InChI is InChI=1S/C29H25N7O/c1-18-23(16-35(3)34-18)22-12-7-9-20-15-25(36(29(37)26(20)22)21-10-5-4-6-11-21)19(2)33-28-27-24(31-17-32-28)13-8-14-30-27/h4-17,19H,1-3H3,(H,31,32,33)/t19-/m0/s1. The van der Waals surface area contributed by atoms with E-state index in [4.69, 9.17) is 0 Å². The molecule has 0 aliphatic heterocycles. The summed E-state index contributed by atoms with van der Waals surface area (Å²) in [6.07, 6.45) is 5.20. The van der Waals surface area contributed by atoms with Gasteiger partial charge in [-0.2, -0.15) is 5.10 Å². The Hall–Kier alpha value is -4.85. The maximum atomic E-state index is 14.3. The SMILES string of the molecule is Cc1nn(C)cc1-c1cccc2cc([C@H](C)Nc3ncnc4cccnc34)n(-c3ccccc3)c(=O)c12. The van der Waals surface area contributed by atoms with Crippen molar-refractivity contribution in [3.63, 3.8) is 0 Å². The van der Waals surface area contributed by atoms with Crippen molar-refractivity contribution < 1.29 is 0 Å². The zero-order chi connectivity index (χ0) is 25.5. The van der Waals surface area contributed by atoms with E-state index in [1.165, 1.54) is 6.33 Å². The van der Waals surface area contributed by atoms with Crippen molar-refractivity contribution in [3.05, 3.63) is 107 Å². The Bertz CT molecular complexity index is 1820. The second kappa shape index (κ2) is 8.98. The average Bonchev–Trinajstić information content (AvgIpc) is 3.26. The number of hydrogen-bond donors (Lipinski definition) is 1. The number of aryl methyl sites for hydroxylation is 2. The summed E-state index contributed by atoms with van der Waals surface area (Å²) < 4.78 is 3.56. The van der Waals surface area contributed by atoms with Gasteiger partial charge >= 0.3 is 0 Å². The third kappa shape index (κ3) is 3.92. The Kier molecular flexibility index (Phi) is 5.49. The first-order valence-corrected chi connectivity index (χ1v) is 12.1. The van der Waals surface area contributed by atoms with Crippen LogP contribution in [0.15, 0.2) is 90.2 Å². The lowest BCUT2D eigenvalue weighted by Gasteiger charge is -2.22. The molecule has 4 heterocycles. The molecular formula is C29H25N7O. The van der Waals surface area contributed by atoms with Crippen molar-refractivity contribution in [1.82, 2.24) is 29.3 Å². The van der Waals surface area contributed by atoms with Crippen LogP contribution >= 0.6 is 0 Å². The summed E-state index contributed by atoms with van der Waals surface area (Å²) in [5.74, 6) is 0.616. The van der Waals surface area contributed by atoms with Gasteiger partial charge in [0.05, 0.1) is 22.6 Å². The van der Waals surface area contributed by atoms with Gasteiger partial charge in [-0.1, -0.05) is 36.4 Å². The highest BCUT2D eigenvalue weighted by Crippen LogP contribution is 2.31. The van der Waals surface area contributed by atoms with Crippen LogP contribution in [-0.2, 0) is 7.05 Å². The summed E-state index contributed by atoms with van der Waals surface area (Å²) >= 11 is 0. The second-order valence-electron chi connectivity index (χ2n) is 9.08. The molecule has 8 heteroatoms. The van der Waals surface area contributed by atoms with Crippen LogP contribution in [0.5, 0.6) is 0 Å². The van der Waals surface area contributed by atoms with Gasteiger partial charge in [-0.15, -0.1) is 0 Å². The second-order valence-corrected chi connectivity index (χ2v) is 9.08. The van der Waals surface area contributed by atoms with Gasteiger partial charge in [0, 0.05) is 36.4 Å². The topological polar surface area (TPSA) is 90.5 Å². The largest absolute Gasteiger partial charge is 0.360 e. The molecule has 4 aromatic heterocycles. The summed E-state index contributed by atoms with van der Waals surface area (Å²) in [5.41, 5.74) is 5.65.